The molecule has 0 fully saturated rings. The molecule has 10 nitrogen and oxygen atoms in total. The van der Waals surface area contributed by atoms with Gasteiger partial charge in [-0.3, -0.25) is 14.9 Å². The van der Waals surface area contributed by atoms with Crippen LogP contribution in [-0.4, -0.2) is 31.1 Å². The predicted octanol–water partition coefficient (Wildman–Crippen LogP) is 3.53. The number of allylic oxidation sites excluding steroid dienone is 1. The second kappa shape index (κ2) is 8.92. The smallest absolute Gasteiger partial charge is 0.319 e. The first-order valence-corrected chi connectivity index (χ1v) is 9.38. The number of benzene rings is 2. The van der Waals surface area contributed by atoms with Crippen LogP contribution in [0.4, 0.5) is 16.2 Å². The van der Waals surface area contributed by atoms with Crippen molar-refractivity contribution in [3.8, 4) is 11.5 Å². The number of urea groups is 1. The number of halogens is 1. The number of nitro benzene ring substituents is 1. The van der Waals surface area contributed by atoms with Crippen molar-refractivity contribution in [1.29, 1.82) is 0 Å². The van der Waals surface area contributed by atoms with Gasteiger partial charge in [-0.05, 0) is 12.5 Å². The molecule has 0 aromatic heterocycles. The largest absolute Gasteiger partial charge is 0.495 e. The van der Waals surface area contributed by atoms with Crippen LogP contribution in [0, 0.1) is 10.1 Å². The average Bonchev–Trinajstić information content (AvgIpc) is 2.73. The quantitative estimate of drug-likeness (QED) is 0.459. The van der Waals surface area contributed by atoms with Crippen LogP contribution >= 0.6 is 11.6 Å². The van der Waals surface area contributed by atoms with Crippen LogP contribution < -0.4 is 25.4 Å². The molecule has 162 valence electrons. The third-order valence-corrected chi connectivity index (χ3v) is 4.95. The fourth-order valence-corrected chi connectivity index (χ4v) is 3.44. The maximum atomic E-state index is 13.2. The molecule has 3 rings (SSSR count). The molecule has 11 heteroatoms. The molecule has 0 saturated carbocycles. The monoisotopic (exact) mass is 446 g/mol. The van der Waals surface area contributed by atoms with Gasteiger partial charge in [0.15, 0.2) is 0 Å². The molecule has 0 aliphatic carbocycles. The molecule has 0 saturated heterocycles. The number of amides is 3. The Bertz CT molecular complexity index is 1100. The minimum absolute atomic E-state index is 0.160. The molecule has 3 N–H and O–H groups in total. The van der Waals surface area contributed by atoms with Crippen LogP contribution in [0.2, 0.25) is 5.02 Å². The van der Waals surface area contributed by atoms with Gasteiger partial charge in [-0.2, -0.15) is 0 Å². The number of ether oxygens (including phenoxy) is 2. The molecule has 1 aliphatic rings. The van der Waals surface area contributed by atoms with Gasteiger partial charge in [-0.15, -0.1) is 0 Å². The zero-order chi connectivity index (χ0) is 22.7. The molecular weight excluding hydrogens is 428 g/mol. The lowest BCUT2D eigenvalue weighted by molar-refractivity contribution is -0.384. The fourth-order valence-electron chi connectivity index (χ4n) is 3.21. The topological polar surface area (TPSA) is 132 Å². The lowest BCUT2D eigenvalue weighted by atomic mass is 9.94. The summed E-state index contributed by atoms with van der Waals surface area (Å²) in [6.45, 7) is 1.57. The van der Waals surface area contributed by atoms with Gasteiger partial charge >= 0.3 is 6.03 Å². The highest BCUT2D eigenvalue weighted by Crippen LogP contribution is 2.37. The summed E-state index contributed by atoms with van der Waals surface area (Å²) in [4.78, 5) is 35.9. The van der Waals surface area contributed by atoms with Gasteiger partial charge in [0.1, 0.15) is 11.5 Å². The number of anilines is 1. The number of nitrogens with one attached hydrogen (secondary N) is 3. The van der Waals surface area contributed by atoms with E-state index in [4.69, 9.17) is 21.1 Å². The molecule has 1 atom stereocenters. The van der Waals surface area contributed by atoms with E-state index in [2.05, 4.69) is 16.0 Å². The summed E-state index contributed by atoms with van der Waals surface area (Å²) in [5, 5.41) is 19.4. The second-order valence-corrected chi connectivity index (χ2v) is 6.97. The van der Waals surface area contributed by atoms with Crippen LogP contribution in [-0.2, 0) is 4.79 Å². The normalized spacial score (nSPS) is 15.6. The molecule has 1 heterocycles. The minimum atomic E-state index is -0.908. The zero-order valence-corrected chi connectivity index (χ0v) is 17.6. The van der Waals surface area contributed by atoms with Crippen molar-refractivity contribution in [1.82, 2.24) is 10.6 Å². The van der Waals surface area contributed by atoms with Crippen molar-refractivity contribution >= 4 is 34.9 Å². The highest BCUT2D eigenvalue weighted by Gasteiger charge is 2.32. The molecule has 0 radical (unpaired) electrons. The Morgan fingerprint density at radius 1 is 1.19 bits per heavy atom. The molecular formula is C20H19ClN4O6. The van der Waals surface area contributed by atoms with Gasteiger partial charge in [0.2, 0.25) is 0 Å². The minimum Gasteiger partial charge on any atom is -0.495 e. The van der Waals surface area contributed by atoms with Crippen LogP contribution in [0.25, 0.3) is 0 Å². The summed E-state index contributed by atoms with van der Waals surface area (Å²) in [7, 11) is 2.86. The number of rotatable bonds is 6. The fraction of sp³-hybridized carbons (Fsp3) is 0.200. The van der Waals surface area contributed by atoms with E-state index < -0.39 is 22.9 Å². The van der Waals surface area contributed by atoms with E-state index in [-0.39, 0.29) is 11.3 Å². The molecule has 3 amide bonds. The summed E-state index contributed by atoms with van der Waals surface area (Å²) in [6, 6.07) is 7.28. The molecule has 0 bridgehead atoms. The van der Waals surface area contributed by atoms with Gasteiger partial charge < -0.3 is 25.4 Å². The Hall–Kier alpha value is -3.79. The lowest BCUT2D eigenvalue weighted by Gasteiger charge is -2.28. The maximum absolute atomic E-state index is 13.2. The molecule has 31 heavy (non-hydrogen) atoms. The van der Waals surface area contributed by atoms with Crippen molar-refractivity contribution in [2.75, 3.05) is 19.5 Å². The molecule has 0 spiro atoms. The standard InChI is InChI=1S/C20H19ClN4O6/c1-10-17(19(26)23-14-9-15(30-2)13(21)8-16(14)31-3)18(24-20(27)22-10)11-5-4-6-12(7-11)25(28)29/h4-9,18H,1-3H3,(H,23,26)(H2,22,24,27)/t18-/m1/s1. The first-order chi connectivity index (χ1) is 14.7. The Labute approximate surface area is 182 Å². The number of nitro groups is 1. The van der Waals surface area contributed by atoms with Gasteiger partial charge in [0, 0.05) is 30.0 Å². The Balaban J connectivity index is 2.01. The van der Waals surface area contributed by atoms with Gasteiger partial charge in [-0.25, -0.2) is 4.79 Å². The highest BCUT2D eigenvalue weighted by atomic mass is 35.5. The summed E-state index contributed by atoms with van der Waals surface area (Å²) < 4.78 is 10.5. The van der Waals surface area contributed by atoms with E-state index in [0.717, 1.165) is 0 Å². The van der Waals surface area contributed by atoms with Gasteiger partial charge in [0.05, 0.1) is 41.5 Å². The van der Waals surface area contributed by atoms with Crippen molar-refractivity contribution in [3.05, 3.63) is 68.4 Å². The van der Waals surface area contributed by atoms with Crippen molar-refractivity contribution in [3.63, 3.8) is 0 Å². The number of non-ortho nitro benzene ring substituents is 1. The van der Waals surface area contributed by atoms with Crippen molar-refractivity contribution in [2.45, 2.75) is 13.0 Å². The number of methoxy groups -OCH3 is 2. The predicted molar refractivity (Wildman–Crippen MR) is 113 cm³/mol. The third-order valence-electron chi connectivity index (χ3n) is 4.65. The molecule has 2 aromatic rings. The average molecular weight is 447 g/mol. The van der Waals surface area contributed by atoms with Crippen LogP contribution in [0.3, 0.4) is 0 Å². The van der Waals surface area contributed by atoms with E-state index in [1.807, 2.05) is 0 Å². The van der Waals surface area contributed by atoms with Crippen molar-refractivity contribution in [2.24, 2.45) is 0 Å². The number of nitrogens with zero attached hydrogens (tertiary/aromatic N) is 1. The number of carbonyl (C=O) groups excluding carboxylic acids is 2. The Kier molecular flexibility index (Phi) is 6.30. The number of hydrogen-bond acceptors (Lipinski definition) is 6. The molecule has 0 unspecified atom stereocenters. The van der Waals surface area contributed by atoms with Crippen LogP contribution in [0.5, 0.6) is 11.5 Å². The Morgan fingerprint density at radius 2 is 1.90 bits per heavy atom. The highest BCUT2D eigenvalue weighted by molar-refractivity contribution is 6.32. The Morgan fingerprint density at radius 3 is 2.55 bits per heavy atom. The van der Waals surface area contributed by atoms with Gasteiger partial charge in [-0.1, -0.05) is 23.7 Å². The first-order valence-electron chi connectivity index (χ1n) is 9.00. The number of carbonyl (C=O) groups is 2. The molecule has 1 aliphatic heterocycles. The SMILES string of the molecule is COc1cc(NC(=O)C2=C(C)NC(=O)N[C@@H]2c2cccc([N+](=O)[O-])c2)c(OC)cc1Cl. The third kappa shape index (κ3) is 4.53. The second-order valence-electron chi connectivity index (χ2n) is 6.56. The van der Waals surface area contributed by atoms with E-state index in [1.165, 1.54) is 44.6 Å². The first kappa shape index (κ1) is 21.9. The van der Waals surface area contributed by atoms with E-state index in [0.29, 0.717) is 33.5 Å². The maximum Gasteiger partial charge on any atom is 0.319 e. The van der Waals surface area contributed by atoms with Crippen LogP contribution in [0.1, 0.15) is 18.5 Å². The number of hydrogen-bond donors (Lipinski definition) is 3. The summed E-state index contributed by atoms with van der Waals surface area (Å²) in [5.74, 6) is 0.0788. The summed E-state index contributed by atoms with van der Waals surface area (Å²) >= 11 is 6.11. The van der Waals surface area contributed by atoms with Crippen LogP contribution in [0.15, 0.2) is 47.7 Å². The molecule has 2 aromatic carbocycles. The van der Waals surface area contributed by atoms with E-state index in [9.17, 15) is 19.7 Å². The van der Waals surface area contributed by atoms with E-state index in [1.54, 1.807) is 13.0 Å². The summed E-state index contributed by atoms with van der Waals surface area (Å²) in [6.07, 6.45) is 0. The van der Waals surface area contributed by atoms with Crippen molar-refractivity contribution < 1.29 is 24.0 Å². The van der Waals surface area contributed by atoms with E-state index >= 15 is 0 Å². The summed E-state index contributed by atoms with van der Waals surface area (Å²) in [5.41, 5.74) is 0.999. The van der Waals surface area contributed by atoms with Gasteiger partial charge in [0.25, 0.3) is 11.6 Å². The zero-order valence-electron chi connectivity index (χ0n) is 16.8. The lowest BCUT2D eigenvalue weighted by Crippen LogP contribution is -2.46.